The highest BCUT2D eigenvalue weighted by Gasteiger charge is 2.56. The summed E-state index contributed by atoms with van der Waals surface area (Å²) in [6.07, 6.45) is 6.81. The number of aryl methyl sites for hydroxylation is 2. The van der Waals surface area contributed by atoms with Gasteiger partial charge in [-0.05, 0) is 92.3 Å². The summed E-state index contributed by atoms with van der Waals surface area (Å²) in [6, 6.07) is 8.03. The van der Waals surface area contributed by atoms with E-state index in [4.69, 9.17) is 4.74 Å². The van der Waals surface area contributed by atoms with E-state index in [1.807, 2.05) is 43.5 Å². The molecule has 4 atom stereocenters. The van der Waals surface area contributed by atoms with E-state index >= 15 is 0 Å². The number of allylic oxidation sites excluding steroid dienone is 2. The summed E-state index contributed by atoms with van der Waals surface area (Å²) < 4.78 is 6.34. The summed E-state index contributed by atoms with van der Waals surface area (Å²) in [6.45, 7) is 9.11. The summed E-state index contributed by atoms with van der Waals surface area (Å²) in [5, 5.41) is 12.1. The van der Waals surface area contributed by atoms with Gasteiger partial charge in [0.2, 0.25) is 11.8 Å². The minimum atomic E-state index is -0.287. The van der Waals surface area contributed by atoms with Gasteiger partial charge in [0.1, 0.15) is 5.75 Å². The Morgan fingerprint density at radius 3 is 2.57 bits per heavy atom. The highest BCUT2D eigenvalue weighted by Crippen LogP contribution is 2.50. The number of hydrogen-bond donors (Lipinski definition) is 1. The molecule has 2 fully saturated rings. The Balaban J connectivity index is 1.31. The molecule has 0 spiro atoms. The molecule has 1 aromatic carbocycles. The molecule has 2 aromatic rings. The molecule has 1 N–H and O–H groups in total. The second-order valence-electron chi connectivity index (χ2n) is 10.9. The predicted octanol–water partition coefficient (Wildman–Crippen LogP) is 6.57. The Morgan fingerprint density at radius 1 is 1.14 bits per heavy atom. The molecule has 0 unspecified atom stereocenters. The van der Waals surface area contributed by atoms with Gasteiger partial charge in [-0.3, -0.25) is 14.5 Å². The number of fused-ring (bicyclic) bond motifs is 3. The lowest BCUT2D eigenvalue weighted by atomic mass is 9.70. The van der Waals surface area contributed by atoms with Crippen molar-refractivity contribution in [1.29, 1.82) is 0 Å². The molecule has 6 heteroatoms. The Morgan fingerprint density at radius 2 is 1.89 bits per heavy atom. The zero-order chi connectivity index (χ0) is 26.3. The van der Waals surface area contributed by atoms with Crippen LogP contribution < -0.4 is 0 Å². The van der Waals surface area contributed by atoms with Gasteiger partial charge in [-0.25, -0.2) is 0 Å². The van der Waals surface area contributed by atoms with Crippen LogP contribution >= 0.6 is 11.3 Å². The third-order valence-electron chi connectivity index (χ3n) is 8.32. The summed E-state index contributed by atoms with van der Waals surface area (Å²) in [7, 11) is 0. The molecule has 0 bridgehead atoms. The van der Waals surface area contributed by atoms with Crippen LogP contribution in [0, 0.1) is 31.6 Å². The Labute approximate surface area is 223 Å². The first-order valence-corrected chi connectivity index (χ1v) is 14.3. The predicted molar refractivity (Wildman–Crippen MR) is 147 cm³/mol. The van der Waals surface area contributed by atoms with Gasteiger partial charge in [0.05, 0.1) is 31.1 Å². The zero-order valence-corrected chi connectivity index (χ0v) is 23.1. The number of amides is 2. The molecule has 1 aromatic heterocycles. The maximum absolute atomic E-state index is 13.5. The largest absolute Gasteiger partial charge is 0.507 e. The molecular formula is C31H37NO4S. The van der Waals surface area contributed by atoms with Crippen molar-refractivity contribution in [2.24, 2.45) is 17.8 Å². The molecule has 0 saturated carbocycles. The fraction of sp³-hybridized carbons (Fsp3) is 0.484. The quantitative estimate of drug-likeness (QED) is 0.316. The lowest BCUT2D eigenvalue weighted by Crippen LogP contribution is -2.34. The average molecular weight is 520 g/mol. The molecule has 3 aliphatic rings. The van der Waals surface area contributed by atoms with Gasteiger partial charge in [0.15, 0.2) is 0 Å². The average Bonchev–Trinajstić information content (AvgIpc) is 3.58. The summed E-state index contributed by atoms with van der Waals surface area (Å²) >= 11 is 1.58. The number of phenols is 1. The molecule has 5 rings (SSSR count). The Bertz CT molecular complexity index is 1230. The zero-order valence-electron chi connectivity index (χ0n) is 22.3. The van der Waals surface area contributed by atoms with E-state index in [-0.39, 0.29) is 35.7 Å². The van der Waals surface area contributed by atoms with Crippen LogP contribution in [-0.4, -0.2) is 34.5 Å². The summed E-state index contributed by atoms with van der Waals surface area (Å²) in [5.74, 6) is -0.198. The van der Waals surface area contributed by atoms with Crippen molar-refractivity contribution in [2.45, 2.75) is 72.4 Å². The minimum absolute atomic E-state index is 0.00347. The second-order valence-corrected chi connectivity index (χ2v) is 12.0. The molecule has 2 amide bonds. The van der Waals surface area contributed by atoms with Gasteiger partial charge in [0.25, 0.3) is 0 Å². The van der Waals surface area contributed by atoms with Crippen LogP contribution in [0.25, 0.3) is 6.08 Å². The number of carbonyl (C=O) groups is 2. The standard InChI is InChI=1S/C31H37NO4S/c1-5-7-21(15-22-12-19(3)29(33)20(4)13-22)9-10-26-27-18(2)14-24-28(25(27)17-36-26)31(35)32(30(24)34)16-23-8-6-11-37-23/h6,8,11-13,15,24-26,28,33H,5,7,9-10,14,16-17H2,1-4H3/b21-15+/t24-,25+,26-,28-/m1/s1. The van der Waals surface area contributed by atoms with Crippen molar-refractivity contribution in [3.05, 3.63) is 67.9 Å². The van der Waals surface area contributed by atoms with Crippen molar-refractivity contribution in [2.75, 3.05) is 6.61 Å². The molecule has 196 valence electrons. The number of likely N-dealkylation sites (tertiary alicyclic amines) is 1. The first-order valence-electron chi connectivity index (χ1n) is 13.5. The van der Waals surface area contributed by atoms with E-state index < -0.39 is 0 Å². The second kappa shape index (κ2) is 10.6. The molecule has 1 aliphatic carbocycles. The highest BCUT2D eigenvalue weighted by molar-refractivity contribution is 7.09. The normalized spacial score (nSPS) is 25.7. The first-order chi connectivity index (χ1) is 17.8. The number of rotatable bonds is 8. The number of thiophene rings is 1. The lowest BCUT2D eigenvalue weighted by molar-refractivity contribution is -0.140. The van der Waals surface area contributed by atoms with E-state index in [1.54, 1.807) is 11.3 Å². The van der Waals surface area contributed by atoms with Crippen molar-refractivity contribution in [1.82, 2.24) is 4.90 Å². The van der Waals surface area contributed by atoms with Gasteiger partial charge in [-0.2, -0.15) is 0 Å². The van der Waals surface area contributed by atoms with Crippen molar-refractivity contribution in [3.8, 4) is 5.75 Å². The number of imide groups is 1. The number of hydrogen-bond acceptors (Lipinski definition) is 5. The summed E-state index contributed by atoms with van der Waals surface area (Å²) in [5.41, 5.74) is 6.79. The van der Waals surface area contributed by atoms with Crippen molar-refractivity contribution >= 4 is 29.2 Å². The fourth-order valence-corrected chi connectivity index (χ4v) is 7.32. The molecular weight excluding hydrogens is 482 g/mol. The van der Waals surface area contributed by atoms with Gasteiger partial charge >= 0.3 is 0 Å². The van der Waals surface area contributed by atoms with Crippen LogP contribution in [0.2, 0.25) is 0 Å². The number of ether oxygens (including phenoxy) is 1. The summed E-state index contributed by atoms with van der Waals surface area (Å²) in [4.78, 5) is 29.3. The first kappa shape index (κ1) is 25.9. The van der Waals surface area contributed by atoms with Gasteiger partial charge in [-0.1, -0.05) is 36.6 Å². The fourth-order valence-electron chi connectivity index (χ4n) is 6.62. The van der Waals surface area contributed by atoms with Gasteiger partial charge in [-0.15, -0.1) is 11.3 Å². The van der Waals surface area contributed by atoms with E-state index in [2.05, 4.69) is 19.9 Å². The van der Waals surface area contributed by atoms with Crippen molar-refractivity contribution < 1.29 is 19.4 Å². The van der Waals surface area contributed by atoms with E-state index in [1.165, 1.54) is 21.6 Å². The van der Waals surface area contributed by atoms with E-state index in [0.29, 0.717) is 25.3 Å². The Kier molecular flexibility index (Phi) is 7.42. The number of aromatic hydroxyl groups is 1. The van der Waals surface area contributed by atoms with E-state index in [9.17, 15) is 14.7 Å². The molecule has 37 heavy (non-hydrogen) atoms. The van der Waals surface area contributed by atoms with Crippen LogP contribution in [0.3, 0.4) is 0 Å². The van der Waals surface area contributed by atoms with Crippen LogP contribution in [-0.2, 0) is 20.9 Å². The van der Waals surface area contributed by atoms with Crippen molar-refractivity contribution in [3.63, 3.8) is 0 Å². The topological polar surface area (TPSA) is 66.8 Å². The Hall–Kier alpha value is -2.70. The van der Waals surface area contributed by atoms with E-state index in [0.717, 1.165) is 47.3 Å². The van der Waals surface area contributed by atoms with Gasteiger partial charge < -0.3 is 9.84 Å². The van der Waals surface area contributed by atoms with Crippen LogP contribution in [0.5, 0.6) is 5.75 Å². The van der Waals surface area contributed by atoms with Crippen LogP contribution in [0.4, 0.5) is 0 Å². The smallest absolute Gasteiger partial charge is 0.234 e. The third kappa shape index (κ3) is 4.94. The molecule has 2 aliphatic heterocycles. The molecule has 2 saturated heterocycles. The number of phenolic OH excluding ortho intramolecular Hbond substituents is 1. The number of benzene rings is 1. The monoisotopic (exact) mass is 519 g/mol. The van der Waals surface area contributed by atoms with Crippen LogP contribution in [0.15, 0.2) is 46.4 Å². The SMILES string of the molecule is CCC/C(=C\c1cc(C)c(O)c(C)c1)CC[C@H]1OC[C@H]2C1=C(C)C[C@H]1C(=O)N(Cc3cccs3)C(=O)[C@H]12. The number of nitrogens with zero attached hydrogens (tertiary/aromatic N) is 1. The molecule has 5 nitrogen and oxygen atoms in total. The van der Waals surface area contributed by atoms with Gasteiger partial charge in [0, 0.05) is 10.8 Å². The number of carbonyl (C=O) groups excluding carboxylic acids is 2. The molecule has 3 heterocycles. The third-order valence-corrected chi connectivity index (χ3v) is 9.18. The van der Waals surface area contributed by atoms with Crippen LogP contribution in [0.1, 0.15) is 67.5 Å². The molecule has 0 radical (unpaired) electrons. The minimum Gasteiger partial charge on any atom is -0.507 e. The maximum atomic E-state index is 13.5. The lowest BCUT2D eigenvalue weighted by Gasteiger charge is -2.30. The maximum Gasteiger partial charge on any atom is 0.234 e. The highest BCUT2D eigenvalue weighted by atomic mass is 32.1.